The Labute approximate surface area is 152 Å². The van der Waals surface area contributed by atoms with Gasteiger partial charge >= 0.3 is 6.18 Å². The molecule has 0 bridgehead atoms. The molecule has 3 aromatic carbocycles. The Morgan fingerprint density at radius 1 is 0.889 bits per heavy atom. The topological polar surface area (TPSA) is 18.5 Å². The van der Waals surface area contributed by atoms with Gasteiger partial charge in [-0.1, -0.05) is 18.2 Å². The Hall–Kier alpha value is -2.83. The summed E-state index contributed by atoms with van der Waals surface area (Å²) >= 11 is 0. The first-order valence-corrected chi connectivity index (χ1v) is 8.13. The minimum Gasteiger partial charge on any atom is -0.494 e. The highest BCUT2D eigenvalue weighted by Gasteiger charge is 2.29. The summed E-state index contributed by atoms with van der Waals surface area (Å²) in [4.78, 5) is 0. The Morgan fingerprint density at radius 2 is 1.67 bits per heavy atom. The lowest BCUT2D eigenvalue weighted by Crippen LogP contribution is -2.19. The van der Waals surface area contributed by atoms with Gasteiger partial charge in [0.1, 0.15) is 11.6 Å². The number of hydrogen-bond acceptors (Lipinski definition) is 2. The van der Waals surface area contributed by atoms with Gasteiger partial charge in [0.25, 0.3) is 0 Å². The monoisotopic (exact) mass is 382 g/mol. The number of rotatable bonds is 5. The zero-order valence-electron chi connectivity index (χ0n) is 14.2. The van der Waals surface area contributed by atoms with E-state index in [2.05, 4.69) is 4.74 Å². The van der Waals surface area contributed by atoms with Crippen LogP contribution in [0.25, 0.3) is 21.9 Å². The van der Waals surface area contributed by atoms with Gasteiger partial charge in [0.15, 0.2) is 18.2 Å². The second kappa shape index (κ2) is 7.42. The van der Waals surface area contributed by atoms with E-state index in [9.17, 15) is 22.0 Å². The fraction of sp³-hybridized carbons (Fsp3) is 0.200. The van der Waals surface area contributed by atoms with Crippen LogP contribution in [0.1, 0.15) is 6.92 Å². The van der Waals surface area contributed by atoms with Crippen molar-refractivity contribution in [3.05, 3.63) is 60.2 Å². The lowest BCUT2D eigenvalue weighted by Gasteiger charge is -2.12. The summed E-state index contributed by atoms with van der Waals surface area (Å²) in [5, 5.41) is 0.502. The molecule has 0 radical (unpaired) electrons. The molecule has 0 aromatic heterocycles. The average Bonchev–Trinajstić information content (AvgIpc) is 2.60. The summed E-state index contributed by atoms with van der Waals surface area (Å²) in [6, 6.07) is 11.4. The second-order valence-electron chi connectivity index (χ2n) is 5.79. The second-order valence-corrected chi connectivity index (χ2v) is 5.79. The number of halogens is 5. The van der Waals surface area contributed by atoms with Crippen molar-refractivity contribution in [3.63, 3.8) is 0 Å². The van der Waals surface area contributed by atoms with Gasteiger partial charge < -0.3 is 9.47 Å². The third kappa shape index (κ3) is 4.30. The molecule has 142 valence electrons. The summed E-state index contributed by atoms with van der Waals surface area (Å²) < 4.78 is 75.2. The largest absolute Gasteiger partial charge is 0.494 e. The molecule has 0 aliphatic rings. The van der Waals surface area contributed by atoms with Crippen LogP contribution in [0.3, 0.4) is 0 Å². The van der Waals surface area contributed by atoms with Crippen molar-refractivity contribution in [2.24, 2.45) is 0 Å². The standard InChI is InChI=1S/C20H15F5O2/c1-2-26-14-5-7-15(17(21)10-14)12-3-6-16-13(9-12)4-8-18(19(16)22)27-11-20(23,24)25/h3-10H,2,11H2,1H3. The third-order valence-corrected chi connectivity index (χ3v) is 3.87. The summed E-state index contributed by atoms with van der Waals surface area (Å²) in [6.45, 7) is 0.619. The zero-order chi connectivity index (χ0) is 19.6. The minimum absolute atomic E-state index is 0.0877. The van der Waals surface area contributed by atoms with Crippen molar-refractivity contribution in [3.8, 4) is 22.6 Å². The molecule has 0 unspecified atom stereocenters. The van der Waals surface area contributed by atoms with Gasteiger partial charge in [-0.3, -0.25) is 0 Å². The molecule has 3 rings (SSSR count). The molecule has 0 atom stereocenters. The summed E-state index contributed by atoms with van der Waals surface area (Å²) in [7, 11) is 0. The van der Waals surface area contributed by atoms with Crippen molar-refractivity contribution in [1.29, 1.82) is 0 Å². The van der Waals surface area contributed by atoms with Crippen LogP contribution in [0.15, 0.2) is 48.5 Å². The molecule has 7 heteroatoms. The summed E-state index contributed by atoms with van der Waals surface area (Å²) in [5.41, 5.74) is 0.810. The molecule has 0 amide bonds. The molecule has 0 heterocycles. The van der Waals surface area contributed by atoms with E-state index in [1.807, 2.05) is 0 Å². The molecule has 0 aliphatic carbocycles. The van der Waals surface area contributed by atoms with Gasteiger partial charge in [0.2, 0.25) is 0 Å². The van der Waals surface area contributed by atoms with Gasteiger partial charge in [0.05, 0.1) is 6.61 Å². The Morgan fingerprint density at radius 3 is 2.33 bits per heavy atom. The van der Waals surface area contributed by atoms with Gasteiger partial charge in [-0.05, 0) is 42.1 Å². The number of fused-ring (bicyclic) bond motifs is 1. The molecule has 0 spiro atoms. The van der Waals surface area contributed by atoms with Crippen LogP contribution in [-0.4, -0.2) is 19.4 Å². The molecule has 0 aliphatic heterocycles. The first-order chi connectivity index (χ1) is 12.8. The van der Waals surface area contributed by atoms with Crippen molar-refractivity contribution in [1.82, 2.24) is 0 Å². The highest BCUT2D eigenvalue weighted by molar-refractivity contribution is 5.89. The van der Waals surface area contributed by atoms with Gasteiger partial charge in [-0.15, -0.1) is 0 Å². The smallest absolute Gasteiger partial charge is 0.422 e. The first kappa shape index (κ1) is 18.9. The van der Waals surface area contributed by atoms with Crippen molar-refractivity contribution in [2.45, 2.75) is 13.1 Å². The highest BCUT2D eigenvalue weighted by Crippen LogP contribution is 2.33. The first-order valence-electron chi connectivity index (χ1n) is 8.13. The van der Waals surface area contributed by atoms with E-state index >= 15 is 0 Å². The molecular formula is C20H15F5O2. The van der Waals surface area contributed by atoms with Crippen LogP contribution < -0.4 is 9.47 Å². The van der Waals surface area contributed by atoms with E-state index in [0.717, 1.165) is 6.07 Å². The van der Waals surface area contributed by atoms with Crippen molar-refractivity contribution in [2.75, 3.05) is 13.2 Å². The molecule has 0 fully saturated rings. The van der Waals surface area contributed by atoms with E-state index < -0.39 is 30.2 Å². The van der Waals surface area contributed by atoms with Gasteiger partial charge in [-0.25, -0.2) is 8.78 Å². The zero-order valence-corrected chi connectivity index (χ0v) is 14.2. The maximum absolute atomic E-state index is 14.4. The van der Waals surface area contributed by atoms with Crippen molar-refractivity contribution >= 4 is 10.8 Å². The molecule has 3 aromatic rings. The molecule has 0 saturated carbocycles. The molecule has 0 N–H and O–H groups in total. The molecule has 0 saturated heterocycles. The van der Waals surface area contributed by atoms with E-state index in [-0.39, 0.29) is 5.39 Å². The summed E-state index contributed by atoms with van der Waals surface area (Å²) in [5.74, 6) is -1.47. The maximum Gasteiger partial charge on any atom is 0.422 e. The predicted octanol–water partition coefficient (Wildman–Crippen LogP) is 6.12. The van der Waals surface area contributed by atoms with E-state index in [1.54, 1.807) is 25.1 Å². The van der Waals surface area contributed by atoms with E-state index in [0.29, 0.717) is 28.9 Å². The van der Waals surface area contributed by atoms with Crippen LogP contribution in [0.2, 0.25) is 0 Å². The Balaban J connectivity index is 1.94. The minimum atomic E-state index is -4.56. The number of alkyl halides is 3. The lowest BCUT2D eigenvalue weighted by atomic mass is 10.00. The predicted molar refractivity (Wildman–Crippen MR) is 92.0 cm³/mol. The van der Waals surface area contributed by atoms with Crippen LogP contribution in [0, 0.1) is 11.6 Å². The molecule has 2 nitrogen and oxygen atoms in total. The van der Waals surface area contributed by atoms with Crippen LogP contribution in [0.4, 0.5) is 22.0 Å². The van der Waals surface area contributed by atoms with Crippen LogP contribution in [-0.2, 0) is 0 Å². The molecular weight excluding hydrogens is 367 g/mol. The fourth-order valence-corrected chi connectivity index (χ4v) is 2.70. The Bertz CT molecular complexity index is 966. The summed E-state index contributed by atoms with van der Waals surface area (Å²) in [6.07, 6.45) is -4.56. The maximum atomic E-state index is 14.4. The number of hydrogen-bond donors (Lipinski definition) is 0. The van der Waals surface area contributed by atoms with Crippen LogP contribution in [0.5, 0.6) is 11.5 Å². The third-order valence-electron chi connectivity index (χ3n) is 3.87. The lowest BCUT2D eigenvalue weighted by molar-refractivity contribution is -0.153. The SMILES string of the molecule is CCOc1ccc(-c2ccc3c(F)c(OCC(F)(F)F)ccc3c2)c(F)c1. The van der Waals surface area contributed by atoms with Crippen LogP contribution >= 0.6 is 0 Å². The average molecular weight is 382 g/mol. The van der Waals surface area contributed by atoms with Gasteiger partial charge in [0, 0.05) is 17.0 Å². The Kier molecular flexibility index (Phi) is 5.21. The number of ether oxygens (including phenoxy) is 2. The quantitative estimate of drug-likeness (QED) is 0.495. The number of benzene rings is 3. The fourth-order valence-electron chi connectivity index (χ4n) is 2.70. The molecule has 27 heavy (non-hydrogen) atoms. The normalized spacial score (nSPS) is 11.6. The van der Waals surface area contributed by atoms with Gasteiger partial charge in [-0.2, -0.15) is 13.2 Å². The van der Waals surface area contributed by atoms with Crippen molar-refractivity contribution < 1.29 is 31.4 Å². The van der Waals surface area contributed by atoms with E-state index in [1.165, 1.54) is 24.3 Å². The van der Waals surface area contributed by atoms with E-state index in [4.69, 9.17) is 4.74 Å². The highest BCUT2D eigenvalue weighted by atomic mass is 19.4.